The Hall–Kier alpha value is -2.48. The molecule has 0 saturated heterocycles. The summed E-state index contributed by atoms with van der Waals surface area (Å²) in [6.45, 7) is 2.02. The molecule has 0 radical (unpaired) electrons. The third-order valence-corrected chi connectivity index (χ3v) is 3.44. The molecule has 98 valence electrons. The van der Waals surface area contributed by atoms with E-state index in [4.69, 9.17) is 0 Å². The van der Waals surface area contributed by atoms with Gasteiger partial charge in [-0.3, -0.25) is 9.78 Å². The van der Waals surface area contributed by atoms with Gasteiger partial charge in [0.05, 0.1) is 5.52 Å². The summed E-state index contributed by atoms with van der Waals surface area (Å²) < 4.78 is 0. The zero-order chi connectivity index (χ0) is 13.9. The van der Waals surface area contributed by atoms with Crippen LogP contribution in [0.15, 0.2) is 54.6 Å². The molecule has 2 nitrogen and oxygen atoms in total. The van der Waals surface area contributed by atoms with Gasteiger partial charge in [0.15, 0.2) is 0 Å². The van der Waals surface area contributed by atoms with Gasteiger partial charge in [-0.1, -0.05) is 42.5 Å². The number of para-hydroxylation sites is 1. The predicted octanol–water partition coefficient (Wildman–Crippen LogP) is 3.95. The van der Waals surface area contributed by atoms with Crippen molar-refractivity contribution in [2.75, 3.05) is 0 Å². The van der Waals surface area contributed by atoms with Gasteiger partial charge in [-0.2, -0.15) is 0 Å². The van der Waals surface area contributed by atoms with E-state index in [1.165, 1.54) is 16.5 Å². The fourth-order valence-corrected chi connectivity index (χ4v) is 2.48. The minimum absolute atomic E-state index is 0.713. The summed E-state index contributed by atoms with van der Waals surface area (Å²) in [4.78, 5) is 15.2. The van der Waals surface area contributed by atoms with Gasteiger partial charge in [-0.25, -0.2) is 0 Å². The van der Waals surface area contributed by atoms with Gasteiger partial charge in [0, 0.05) is 16.6 Å². The van der Waals surface area contributed by atoms with Crippen LogP contribution in [0.1, 0.15) is 27.2 Å². The molecule has 0 N–H and O–H groups in total. The summed E-state index contributed by atoms with van der Waals surface area (Å²) in [6.07, 6.45) is 1.72. The van der Waals surface area contributed by atoms with E-state index in [-0.39, 0.29) is 0 Å². The zero-order valence-electron chi connectivity index (χ0n) is 11.3. The minimum atomic E-state index is 0.713. The summed E-state index contributed by atoms with van der Waals surface area (Å²) >= 11 is 0. The highest BCUT2D eigenvalue weighted by molar-refractivity contribution is 5.82. The van der Waals surface area contributed by atoms with E-state index in [1.54, 1.807) is 0 Å². The van der Waals surface area contributed by atoms with Crippen molar-refractivity contribution in [1.29, 1.82) is 0 Å². The molecule has 0 fully saturated rings. The van der Waals surface area contributed by atoms with E-state index in [9.17, 15) is 4.79 Å². The number of benzene rings is 2. The molecule has 0 spiro atoms. The summed E-state index contributed by atoms with van der Waals surface area (Å²) in [7, 11) is 0. The zero-order valence-corrected chi connectivity index (χ0v) is 11.3. The lowest BCUT2D eigenvalue weighted by molar-refractivity contribution is 0.112. The average molecular weight is 261 g/mol. The minimum Gasteiger partial charge on any atom is -0.298 e. The molecule has 2 aromatic carbocycles. The van der Waals surface area contributed by atoms with Crippen molar-refractivity contribution in [3.05, 3.63) is 77.0 Å². The van der Waals surface area contributed by atoms with Crippen LogP contribution in [0.3, 0.4) is 0 Å². The molecule has 3 aromatic rings. The molecule has 0 atom stereocenters. The standard InChI is InChI=1S/C18H15NO/c1-13-10-16(17-4-2-3-5-18(17)19-13)11-14-6-8-15(12-20)9-7-14/h2-10,12H,11H2,1H3. The summed E-state index contributed by atoms with van der Waals surface area (Å²) in [6, 6.07) is 18.1. The van der Waals surface area contributed by atoms with E-state index in [0.29, 0.717) is 5.56 Å². The Labute approximate surface area is 118 Å². The molecule has 2 heteroatoms. The van der Waals surface area contributed by atoms with Crippen molar-refractivity contribution < 1.29 is 4.79 Å². The third kappa shape index (κ3) is 2.45. The number of rotatable bonds is 3. The van der Waals surface area contributed by atoms with Crippen LogP contribution in [-0.2, 0) is 6.42 Å². The number of carbonyl (C=O) groups excluding carboxylic acids is 1. The van der Waals surface area contributed by atoms with Crippen LogP contribution in [-0.4, -0.2) is 11.3 Å². The second-order valence-corrected chi connectivity index (χ2v) is 4.98. The first-order valence-corrected chi connectivity index (χ1v) is 6.65. The number of aldehydes is 1. The van der Waals surface area contributed by atoms with Gasteiger partial charge >= 0.3 is 0 Å². The maximum absolute atomic E-state index is 10.7. The van der Waals surface area contributed by atoms with Crippen LogP contribution in [0, 0.1) is 6.92 Å². The first-order chi connectivity index (χ1) is 9.76. The van der Waals surface area contributed by atoms with Crippen molar-refractivity contribution >= 4 is 17.2 Å². The van der Waals surface area contributed by atoms with Gasteiger partial charge in [0.1, 0.15) is 6.29 Å². The number of hydrogen-bond acceptors (Lipinski definition) is 2. The van der Waals surface area contributed by atoms with E-state index < -0.39 is 0 Å². The van der Waals surface area contributed by atoms with Gasteiger partial charge < -0.3 is 0 Å². The molecule has 0 unspecified atom stereocenters. The summed E-state index contributed by atoms with van der Waals surface area (Å²) in [5.41, 5.74) is 5.25. The quantitative estimate of drug-likeness (QED) is 0.668. The SMILES string of the molecule is Cc1cc(Cc2ccc(C=O)cc2)c2ccccc2n1. The van der Waals surface area contributed by atoms with Crippen molar-refractivity contribution in [2.24, 2.45) is 0 Å². The van der Waals surface area contributed by atoms with Gasteiger partial charge in [-0.15, -0.1) is 0 Å². The van der Waals surface area contributed by atoms with Crippen molar-refractivity contribution in [3.63, 3.8) is 0 Å². The number of aryl methyl sites for hydroxylation is 1. The monoisotopic (exact) mass is 261 g/mol. The van der Waals surface area contributed by atoms with E-state index >= 15 is 0 Å². The smallest absolute Gasteiger partial charge is 0.150 e. The Morgan fingerprint density at radius 2 is 1.80 bits per heavy atom. The van der Waals surface area contributed by atoms with Crippen LogP contribution in [0.25, 0.3) is 10.9 Å². The van der Waals surface area contributed by atoms with Gasteiger partial charge in [-0.05, 0) is 36.6 Å². The highest BCUT2D eigenvalue weighted by Crippen LogP contribution is 2.21. The van der Waals surface area contributed by atoms with Crippen LogP contribution >= 0.6 is 0 Å². The predicted molar refractivity (Wildman–Crippen MR) is 81.1 cm³/mol. The van der Waals surface area contributed by atoms with Crippen LogP contribution in [0.4, 0.5) is 0 Å². The molecule has 20 heavy (non-hydrogen) atoms. The van der Waals surface area contributed by atoms with E-state index in [0.717, 1.165) is 23.9 Å². The highest BCUT2D eigenvalue weighted by Gasteiger charge is 2.04. The number of fused-ring (bicyclic) bond motifs is 1. The van der Waals surface area contributed by atoms with Crippen LogP contribution < -0.4 is 0 Å². The van der Waals surface area contributed by atoms with E-state index in [2.05, 4.69) is 17.1 Å². The van der Waals surface area contributed by atoms with Gasteiger partial charge in [0.25, 0.3) is 0 Å². The maximum Gasteiger partial charge on any atom is 0.150 e. The lowest BCUT2D eigenvalue weighted by Crippen LogP contribution is -1.94. The summed E-state index contributed by atoms with van der Waals surface area (Å²) in [5.74, 6) is 0. The third-order valence-electron chi connectivity index (χ3n) is 3.44. The molecule has 0 aliphatic rings. The van der Waals surface area contributed by atoms with Crippen molar-refractivity contribution in [3.8, 4) is 0 Å². The fourth-order valence-electron chi connectivity index (χ4n) is 2.48. The Balaban J connectivity index is 2.03. The topological polar surface area (TPSA) is 30.0 Å². The van der Waals surface area contributed by atoms with Crippen LogP contribution in [0.5, 0.6) is 0 Å². The summed E-state index contributed by atoms with van der Waals surface area (Å²) in [5, 5.41) is 1.19. The molecule has 1 heterocycles. The fraction of sp³-hybridized carbons (Fsp3) is 0.111. The molecule has 3 rings (SSSR count). The maximum atomic E-state index is 10.7. The molecule has 0 aliphatic carbocycles. The average Bonchev–Trinajstić information content (AvgIpc) is 2.48. The largest absolute Gasteiger partial charge is 0.298 e. The second-order valence-electron chi connectivity index (χ2n) is 4.98. The number of pyridine rings is 1. The first-order valence-electron chi connectivity index (χ1n) is 6.65. The number of hydrogen-bond donors (Lipinski definition) is 0. The normalized spacial score (nSPS) is 10.7. The molecular formula is C18H15NO. The number of aromatic nitrogens is 1. The lowest BCUT2D eigenvalue weighted by Gasteiger charge is -2.08. The molecule has 0 bridgehead atoms. The second kappa shape index (κ2) is 5.25. The molecule has 0 amide bonds. The Morgan fingerprint density at radius 1 is 1.05 bits per heavy atom. The molecule has 0 saturated carbocycles. The van der Waals surface area contributed by atoms with Crippen molar-refractivity contribution in [1.82, 2.24) is 4.98 Å². The van der Waals surface area contributed by atoms with Crippen molar-refractivity contribution in [2.45, 2.75) is 13.3 Å². The van der Waals surface area contributed by atoms with E-state index in [1.807, 2.05) is 49.4 Å². The molecule has 1 aromatic heterocycles. The first kappa shape index (κ1) is 12.5. The van der Waals surface area contributed by atoms with Crippen LogP contribution in [0.2, 0.25) is 0 Å². The Bertz CT molecular complexity index is 760. The Morgan fingerprint density at radius 3 is 2.55 bits per heavy atom. The molecule has 0 aliphatic heterocycles. The Kier molecular flexibility index (Phi) is 3.30. The van der Waals surface area contributed by atoms with Gasteiger partial charge in [0.2, 0.25) is 0 Å². The molecular weight excluding hydrogens is 246 g/mol. The number of carbonyl (C=O) groups is 1. The number of nitrogens with zero attached hydrogens (tertiary/aromatic N) is 1. The lowest BCUT2D eigenvalue weighted by atomic mass is 9.99. The highest BCUT2D eigenvalue weighted by atomic mass is 16.1.